The van der Waals surface area contributed by atoms with Crippen LogP contribution in [0.2, 0.25) is 0 Å². The van der Waals surface area contributed by atoms with Gasteiger partial charge in [0.05, 0.1) is 11.0 Å². The van der Waals surface area contributed by atoms with E-state index in [1.165, 1.54) is 5.56 Å². The molecule has 1 aromatic heterocycles. The number of rotatable bonds is 10. The van der Waals surface area contributed by atoms with Crippen LogP contribution in [0, 0.1) is 0 Å². The highest BCUT2D eigenvalue weighted by Crippen LogP contribution is 2.39. The molecule has 0 fully saturated rings. The van der Waals surface area contributed by atoms with Crippen LogP contribution in [0.3, 0.4) is 0 Å². The average Bonchev–Trinajstić information content (AvgIpc) is 3.38. The van der Waals surface area contributed by atoms with Crippen LogP contribution in [-0.4, -0.2) is 22.7 Å². The number of hydrogen-bond donors (Lipinski definition) is 3. The van der Waals surface area contributed by atoms with Gasteiger partial charge < -0.3 is 9.46 Å². The van der Waals surface area contributed by atoms with E-state index < -0.39 is 6.09 Å². The first-order chi connectivity index (χ1) is 18.7. The van der Waals surface area contributed by atoms with E-state index in [4.69, 9.17) is 9.72 Å². The van der Waals surface area contributed by atoms with E-state index in [0.717, 1.165) is 37.3 Å². The molecule has 0 aliphatic heterocycles. The molecule has 1 heterocycles. The molecule has 204 valence electrons. The van der Waals surface area contributed by atoms with Crippen molar-refractivity contribution < 1.29 is 9.53 Å². The number of aromatic nitrogens is 1. The van der Waals surface area contributed by atoms with Gasteiger partial charge in [0.2, 0.25) is 0 Å². The van der Waals surface area contributed by atoms with E-state index in [1.807, 2.05) is 50.4 Å². The number of hydrogen-bond acceptors (Lipinski definition) is 8. The lowest BCUT2D eigenvalue weighted by molar-refractivity contribution is 0.130. The van der Waals surface area contributed by atoms with Crippen molar-refractivity contribution in [1.82, 2.24) is 9.71 Å². The zero-order chi connectivity index (χ0) is 27.8. The van der Waals surface area contributed by atoms with Gasteiger partial charge in [-0.2, -0.15) is 0 Å². The van der Waals surface area contributed by atoms with Crippen LogP contribution in [-0.2, 0) is 10.5 Å². The van der Waals surface area contributed by atoms with Crippen LogP contribution in [0.4, 0.5) is 16.2 Å². The van der Waals surface area contributed by atoms with Gasteiger partial charge in [0.15, 0.2) is 0 Å². The SMILES string of the molecule is CC(C)OC(=O)Nc1ccc(-c2ncc(-c3ccc(NSCc4ccccc4)cc3SNC(C)(C)C)s2)cc1. The van der Waals surface area contributed by atoms with Crippen LogP contribution in [0.1, 0.15) is 40.2 Å². The van der Waals surface area contributed by atoms with Gasteiger partial charge in [0, 0.05) is 44.9 Å². The van der Waals surface area contributed by atoms with Crippen molar-refractivity contribution in [1.29, 1.82) is 0 Å². The fraction of sp³-hybridized carbons (Fsp3) is 0.267. The molecular weight excluding hydrogens is 545 g/mol. The van der Waals surface area contributed by atoms with Crippen molar-refractivity contribution >= 4 is 52.7 Å². The van der Waals surface area contributed by atoms with Crippen LogP contribution < -0.4 is 14.8 Å². The Morgan fingerprint density at radius 1 is 1.00 bits per heavy atom. The minimum Gasteiger partial charge on any atom is -0.447 e. The average molecular weight is 579 g/mol. The van der Waals surface area contributed by atoms with Crippen molar-refractivity contribution in [2.45, 2.75) is 56.9 Å². The molecule has 9 heteroatoms. The maximum Gasteiger partial charge on any atom is 0.411 e. The number of amides is 1. The van der Waals surface area contributed by atoms with Crippen molar-refractivity contribution in [2.24, 2.45) is 0 Å². The first kappa shape index (κ1) is 29.0. The van der Waals surface area contributed by atoms with Crippen LogP contribution in [0.25, 0.3) is 21.0 Å². The number of carbonyl (C=O) groups is 1. The fourth-order valence-corrected chi connectivity index (χ4v) is 6.09. The van der Waals surface area contributed by atoms with Gasteiger partial charge in [0.1, 0.15) is 5.01 Å². The Morgan fingerprint density at radius 2 is 1.72 bits per heavy atom. The molecule has 6 nitrogen and oxygen atoms in total. The monoisotopic (exact) mass is 578 g/mol. The third-order valence-electron chi connectivity index (χ3n) is 5.21. The highest BCUT2D eigenvalue weighted by atomic mass is 32.2. The topological polar surface area (TPSA) is 75.3 Å². The number of nitrogens with zero attached hydrogens (tertiary/aromatic N) is 1. The van der Waals surface area contributed by atoms with Crippen molar-refractivity contribution in [2.75, 3.05) is 10.0 Å². The normalized spacial score (nSPS) is 11.4. The van der Waals surface area contributed by atoms with Gasteiger partial charge in [0.25, 0.3) is 0 Å². The first-order valence-electron chi connectivity index (χ1n) is 12.7. The summed E-state index contributed by atoms with van der Waals surface area (Å²) in [5.41, 5.74) is 5.11. The number of carbonyl (C=O) groups excluding carboxylic acids is 1. The third-order valence-corrected chi connectivity index (χ3v) is 8.42. The van der Waals surface area contributed by atoms with E-state index >= 15 is 0 Å². The molecule has 1 amide bonds. The lowest BCUT2D eigenvalue weighted by Gasteiger charge is -2.21. The second-order valence-corrected chi connectivity index (χ2v) is 12.9. The molecule has 0 aliphatic carbocycles. The number of benzene rings is 3. The standard InChI is InChI=1S/C30H34N4O2S3/c1-20(2)36-29(35)32-23-13-11-22(12-14-23)28-31-18-27(38-28)25-16-15-24(17-26(25)39-34-30(3,4)5)33-37-19-21-9-7-6-8-10-21/h6-18,20,33-34H,19H2,1-5H3,(H,32,35). The van der Waals surface area contributed by atoms with Gasteiger partial charge in [-0.1, -0.05) is 36.4 Å². The Balaban J connectivity index is 1.49. The van der Waals surface area contributed by atoms with Crippen LogP contribution in [0.15, 0.2) is 83.9 Å². The van der Waals surface area contributed by atoms with Crippen LogP contribution >= 0.6 is 35.2 Å². The second-order valence-electron chi connectivity index (χ2n) is 10.2. The minimum atomic E-state index is -0.459. The van der Waals surface area contributed by atoms with E-state index in [0.29, 0.717) is 5.69 Å². The summed E-state index contributed by atoms with van der Waals surface area (Å²) in [5.74, 6) is 0.886. The fourth-order valence-electron chi connectivity index (χ4n) is 3.45. The molecule has 0 spiro atoms. The molecular formula is C30H34N4O2S3. The number of thiazole rings is 1. The lowest BCUT2D eigenvalue weighted by Crippen LogP contribution is -2.29. The highest BCUT2D eigenvalue weighted by molar-refractivity contribution is 7.99. The Morgan fingerprint density at radius 3 is 2.41 bits per heavy atom. The largest absolute Gasteiger partial charge is 0.447 e. The van der Waals surface area contributed by atoms with Gasteiger partial charge >= 0.3 is 6.09 Å². The summed E-state index contributed by atoms with van der Waals surface area (Å²) in [5, 5.41) is 3.67. The van der Waals surface area contributed by atoms with Gasteiger partial charge in [-0.05, 0) is 100 Å². The third kappa shape index (κ3) is 9.03. The second kappa shape index (κ2) is 13.4. The maximum absolute atomic E-state index is 11.9. The Kier molecular flexibility index (Phi) is 9.96. The first-order valence-corrected chi connectivity index (χ1v) is 15.3. The quantitative estimate of drug-likeness (QED) is 0.162. The maximum atomic E-state index is 11.9. The molecule has 4 aromatic rings. The Labute approximate surface area is 243 Å². The Bertz CT molecular complexity index is 1370. The molecule has 0 radical (unpaired) electrons. The summed E-state index contributed by atoms with van der Waals surface area (Å²) in [4.78, 5) is 18.8. The number of anilines is 2. The molecule has 0 saturated carbocycles. The zero-order valence-electron chi connectivity index (χ0n) is 22.8. The molecule has 0 aliphatic rings. The predicted molar refractivity (Wildman–Crippen MR) is 168 cm³/mol. The van der Waals surface area contributed by atoms with E-state index in [9.17, 15) is 4.79 Å². The van der Waals surface area contributed by atoms with Gasteiger partial charge in [-0.3, -0.25) is 10.0 Å². The van der Waals surface area contributed by atoms with Crippen LogP contribution in [0.5, 0.6) is 0 Å². The Hall–Kier alpha value is -2.98. The summed E-state index contributed by atoms with van der Waals surface area (Å²) < 4.78 is 12.2. The van der Waals surface area contributed by atoms with Crippen molar-refractivity contribution in [3.63, 3.8) is 0 Å². The van der Waals surface area contributed by atoms with Gasteiger partial charge in [-0.25, -0.2) is 9.78 Å². The van der Waals surface area contributed by atoms with Gasteiger partial charge in [-0.15, -0.1) is 11.3 Å². The number of ether oxygens (including phenoxy) is 1. The molecule has 4 rings (SSSR count). The molecule has 0 saturated heterocycles. The van der Waals surface area contributed by atoms with E-state index in [1.54, 1.807) is 35.2 Å². The van der Waals surface area contributed by atoms with Crippen molar-refractivity contribution in [3.05, 3.63) is 84.6 Å². The molecule has 3 aromatic carbocycles. The minimum absolute atomic E-state index is 0.0380. The zero-order valence-corrected chi connectivity index (χ0v) is 25.2. The molecule has 0 bridgehead atoms. The summed E-state index contributed by atoms with van der Waals surface area (Å²) in [6.45, 7) is 10.1. The van der Waals surface area contributed by atoms with Crippen molar-refractivity contribution in [3.8, 4) is 21.0 Å². The summed E-state index contributed by atoms with van der Waals surface area (Å²) in [6.07, 6.45) is 1.30. The molecule has 0 atom stereocenters. The van der Waals surface area contributed by atoms with E-state index in [-0.39, 0.29) is 11.6 Å². The lowest BCUT2D eigenvalue weighted by atomic mass is 10.1. The predicted octanol–water partition coefficient (Wildman–Crippen LogP) is 9.09. The molecule has 3 N–H and O–H groups in total. The van der Waals surface area contributed by atoms with E-state index in [2.05, 4.69) is 78.0 Å². The summed E-state index contributed by atoms with van der Waals surface area (Å²) in [7, 11) is 0. The molecule has 39 heavy (non-hydrogen) atoms. The smallest absolute Gasteiger partial charge is 0.411 e. The number of nitrogens with one attached hydrogen (secondary N) is 3. The molecule has 0 unspecified atom stereocenters. The summed E-state index contributed by atoms with van der Waals surface area (Å²) in [6, 6.07) is 24.5. The summed E-state index contributed by atoms with van der Waals surface area (Å²) >= 11 is 4.96. The highest BCUT2D eigenvalue weighted by Gasteiger charge is 2.16.